The van der Waals surface area contributed by atoms with Gasteiger partial charge in [0, 0.05) is 9.79 Å². The van der Waals surface area contributed by atoms with E-state index >= 15 is 0 Å². The van der Waals surface area contributed by atoms with E-state index in [1.807, 2.05) is 12.1 Å². The van der Waals surface area contributed by atoms with E-state index in [4.69, 9.17) is 0 Å². The number of rotatable bonds is 6. The SMILES string of the molecule is Cc1cc(-c2ccc([Si](C)(C)C)cc2)ccc1S(=O)c1ccc(-c2ccc([Si](C)(C)C)cc2)cc1C. The van der Waals surface area contributed by atoms with Gasteiger partial charge in [-0.2, -0.15) is 0 Å². The van der Waals surface area contributed by atoms with Crippen molar-refractivity contribution in [3.8, 4) is 22.3 Å². The Hall–Kier alpha value is -2.54. The van der Waals surface area contributed by atoms with Crippen molar-refractivity contribution in [2.24, 2.45) is 0 Å². The van der Waals surface area contributed by atoms with Crippen molar-refractivity contribution < 1.29 is 4.21 Å². The van der Waals surface area contributed by atoms with Gasteiger partial charge in [0.2, 0.25) is 0 Å². The molecule has 4 heteroatoms. The standard InChI is InChI=1S/C32H38OSSi2/c1-23-21-27(25-9-15-29(16-10-25)35(3,4)5)13-19-31(23)34(33)32-20-14-28(22-24(32)2)26-11-17-30(18-12-26)36(6,7)8/h9-22H,1-8H3. The van der Waals surface area contributed by atoms with E-state index in [-0.39, 0.29) is 0 Å². The minimum atomic E-state index is -1.31. The van der Waals surface area contributed by atoms with Crippen LogP contribution in [0.3, 0.4) is 0 Å². The molecule has 1 nitrogen and oxygen atoms in total. The van der Waals surface area contributed by atoms with E-state index in [1.165, 1.54) is 32.6 Å². The molecule has 0 bridgehead atoms. The lowest BCUT2D eigenvalue weighted by atomic mass is 10.0. The van der Waals surface area contributed by atoms with Crippen molar-refractivity contribution in [2.75, 3.05) is 0 Å². The molecule has 0 atom stereocenters. The van der Waals surface area contributed by atoms with Crippen LogP contribution < -0.4 is 10.4 Å². The Labute approximate surface area is 222 Å². The molecule has 0 aliphatic rings. The van der Waals surface area contributed by atoms with Crippen LogP contribution in [0, 0.1) is 13.8 Å². The number of hydrogen-bond acceptors (Lipinski definition) is 1. The van der Waals surface area contributed by atoms with Crippen LogP contribution in [0.15, 0.2) is 94.7 Å². The van der Waals surface area contributed by atoms with Gasteiger partial charge in [0.25, 0.3) is 0 Å². The first-order chi connectivity index (χ1) is 16.8. The zero-order valence-electron chi connectivity index (χ0n) is 22.9. The topological polar surface area (TPSA) is 17.1 Å². The fourth-order valence-electron chi connectivity index (χ4n) is 4.52. The van der Waals surface area contributed by atoms with Crippen LogP contribution in [0.1, 0.15) is 11.1 Å². The van der Waals surface area contributed by atoms with Crippen molar-refractivity contribution in [3.05, 3.63) is 96.1 Å². The third kappa shape index (κ3) is 5.72. The molecule has 36 heavy (non-hydrogen) atoms. The van der Waals surface area contributed by atoms with E-state index in [0.29, 0.717) is 0 Å². The second-order valence-corrected chi connectivity index (χ2v) is 23.5. The van der Waals surface area contributed by atoms with E-state index in [0.717, 1.165) is 20.9 Å². The molecule has 0 heterocycles. The van der Waals surface area contributed by atoms with Gasteiger partial charge in [-0.25, -0.2) is 4.21 Å². The van der Waals surface area contributed by atoms with Gasteiger partial charge in [-0.05, 0) is 59.4 Å². The van der Waals surface area contributed by atoms with Crippen molar-refractivity contribution >= 4 is 37.3 Å². The molecule has 0 aromatic heterocycles. The van der Waals surface area contributed by atoms with Crippen molar-refractivity contribution in [3.63, 3.8) is 0 Å². The van der Waals surface area contributed by atoms with Crippen LogP contribution in [-0.2, 0) is 10.8 Å². The maximum atomic E-state index is 13.6. The molecule has 0 radical (unpaired) electrons. The zero-order chi connectivity index (χ0) is 26.3. The molecule has 0 aliphatic heterocycles. The van der Waals surface area contributed by atoms with Gasteiger partial charge in [0.1, 0.15) is 0 Å². The molecule has 0 unspecified atom stereocenters. The fourth-order valence-corrected chi connectivity index (χ4v) is 8.17. The predicted molar refractivity (Wildman–Crippen MR) is 164 cm³/mol. The first kappa shape index (κ1) is 26.5. The van der Waals surface area contributed by atoms with Gasteiger partial charge in [0.15, 0.2) is 0 Å². The highest BCUT2D eigenvalue weighted by molar-refractivity contribution is 7.85. The first-order valence-electron chi connectivity index (χ1n) is 12.7. The van der Waals surface area contributed by atoms with Crippen molar-refractivity contribution in [1.82, 2.24) is 0 Å². The summed E-state index contributed by atoms with van der Waals surface area (Å²) in [6.45, 7) is 18.4. The molecule has 4 rings (SSSR count). The van der Waals surface area contributed by atoms with E-state index in [9.17, 15) is 4.21 Å². The lowest BCUT2D eigenvalue weighted by Gasteiger charge is -2.17. The van der Waals surface area contributed by atoms with Gasteiger partial charge < -0.3 is 0 Å². The Bertz CT molecular complexity index is 1300. The van der Waals surface area contributed by atoms with Crippen molar-refractivity contribution in [1.29, 1.82) is 0 Å². The maximum absolute atomic E-state index is 13.6. The average Bonchev–Trinajstić information content (AvgIpc) is 2.82. The van der Waals surface area contributed by atoms with Gasteiger partial charge in [-0.1, -0.05) is 122 Å². The monoisotopic (exact) mass is 526 g/mol. The molecular weight excluding hydrogens is 489 g/mol. The average molecular weight is 527 g/mol. The number of benzene rings is 4. The Balaban J connectivity index is 1.58. The summed E-state index contributed by atoms with van der Waals surface area (Å²) in [4.78, 5) is 1.76. The highest BCUT2D eigenvalue weighted by atomic mass is 32.2. The molecule has 0 spiro atoms. The van der Waals surface area contributed by atoms with Crippen molar-refractivity contribution in [2.45, 2.75) is 62.9 Å². The molecular formula is C32H38OSSi2. The summed E-state index contributed by atoms with van der Waals surface area (Å²) in [5.41, 5.74) is 6.88. The minimum Gasteiger partial charge on any atom is -0.249 e. The Kier molecular flexibility index (Phi) is 7.43. The highest BCUT2D eigenvalue weighted by Gasteiger charge is 2.18. The predicted octanol–water partition coefficient (Wildman–Crippen LogP) is 7.89. The first-order valence-corrected chi connectivity index (χ1v) is 20.8. The summed E-state index contributed by atoms with van der Waals surface area (Å²) in [5, 5.41) is 2.93. The maximum Gasteiger partial charge on any atom is 0.0855 e. The van der Waals surface area contributed by atoms with Crippen LogP contribution in [0.2, 0.25) is 39.3 Å². The van der Waals surface area contributed by atoms with Gasteiger partial charge in [0.05, 0.1) is 26.9 Å². The summed E-state index contributed by atoms with van der Waals surface area (Å²) in [7, 11) is -3.84. The second-order valence-electron chi connectivity index (χ2n) is 11.9. The largest absolute Gasteiger partial charge is 0.249 e. The third-order valence-corrected chi connectivity index (χ3v) is 12.8. The van der Waals surface area contributed by atoms with Crippen LogP contribution in [0.5, 0.6) is 0 Å². The molecule has 4 aromatic rings. The van der Waals surface area contributed by atoms with E-state index in [1.54, 1.807) is 0 Å². The Morgan fingerprint density at radius 2 is 0.778 bits per heavy atom. The number of hydrogen-bond donors (Lipinski definition) is 0. The smallest absolute Gasteiger partial charge is 0.0855 e. The van der Waals surface area contributed by atoms with Gasteiger partial charge in [-0.15, -0.1) is 0 Å². The Morgan fingerprint density at radius 3 is 1.06 bits per heavy atom. The second kappa shape index (κ2) is 10.1. The summed E-state index contributed by atoms with van der Waals surface area (Å²) in [6.07, 6.45) is 0. The molecule has 0 saturated heterocycles. The number of aryl methyl sites for hydroxylation is 2. The summed E-state index contributed by atoms with van der Waals surface area (Å²) < 4.78 is 13.6. The molecule has 4 aromatic carbocycles. The lowest BCUT2D eigenvalue weighted by Crippen LogP contribution is -2.37. The summed E-state index contributed by atoms with van der Waals surface area (Å²) in [5.74, 6) is 0. The molecule has 0 fully saturated rings. The molecule has 186 valence electrons. The normalized spacial score (nSPS) is 12.2. The van der Waals surface area contributed by atoms with Crippen LogP contribution in [0.4, 0.5) is 0 Å². The van der Waals surface area contributed by atoms with Crippen LogP contribution >= 0.6 is 0 Å². The highest BCUT2D eigenvalue weighted by Crippen LogP contribution is 2.30. The van der Waals surface area contributed by atoms with Gasteiger partial charge >= 0.3 is 0 Å². The summed E-state index contributed by atoms with van der Waals surface area (Å²) in [6, 6.07) is 30.6. The van der Waals surface area contributed by atoms with Crippen LogP contribution in [-0.4, -0.2) is 20.4 Å². The van der Waals surface area contributed by atoms with Crippen LogP contribution in [0.25, 0.3) is 22.3 Å². The van der Waals surface area contributed by atoms with Gasteiger partial charge in [-0.3, -0.25) is 0 Å². The molecule has 0 aliphatic carbocycles. The minimum absolute atomic E-state index is 0.882. The lowest BCUT2D eigenvalue weighted by molar-refractivity contribution is 0.682. The van der Waals surface area contributed by atoms with E-state index in [2.05, 4.69) is 126 Å². The fraction of sp³-hybridized carbons (Fsp3) is 0.250. The molecule has 0 saturated carbocycles. The zero-order valence-corrected chi connectivity index (χ0v) is 25.7. The third-order valence-electron chi connectivity index (χ3n) is 6.92. The molecule has 0 N–H and O–H groups in total. The Morgan fingerprint density at radius 1 is 0.472 bits per heavy atom. The molecule has 0 amide bonds. The quantitative estimate of drug-likeness (QED) is 0.233. The summed E-state index contributed by atoms with van der Waals surface area (Å²) >= 11 is 0. The van der Waals surface area contributed by atoms with E-state index < -0.39 is 26.9 Å².